The van der Waals surface area contributed by atoms with E-state index in [1.54, 1.807) is 6.92 Å². The summed E-state index contributed by atoms with van der Waals surface area (Å²) in [7, 11) is 0. The van der Waals surface area contributed by atoms with Crippen molar-refractivity contribution >= 4 is 11.8 Å². The van der Waals surface area contributed by atoms with Gasteiger partial charge in [-0.2, -0.15) is 0 Å². The number of carboxylic acids is 1. The third-order valence-electron chi connectivity index (χ3n) is 1.30. The summed E-state index contributed by atoms with van der Waals surface area (Å²) in [5.74, 6) is -0.830. The van der Waals surface area contributed by atoms with Crippen LogP contribution in [0, 0.1) is 0 Å². The van der Waals surface area contributed by atoms with Crippen molar-refractivity contribution < 1.29 is 14.7 Å². The zero-order valence-corrected chi connectivity index (χ0v) is 6.76. The van der Waals surface area contributed by atoms with Crippen LogP contribution < -0.4 is 5.32 Å². The third kappa shape index (κ3) is 5.54. The van der Waals surface area contributed by atoms with Crippen LogP contribution in [-0.2, 0) is 9.59 Å². The molecule has 64 valence electrons. The first-order chi connectivity index (χ1) is 5.04. The van der Waals surface area contributed by atoms with Crippen LogP contribution in [0.3, 0.4) is 0 Å². The molecule has 1 unspecified atom stereocenters. The van der Waals surface area contributed by atoms with Crippen LogP contribution >= 0.6 is 0 Å². The molecule has 0 aliphatic rings. The molecule has 0 heterocycles. The van der Waals surface area contributed by atoms with Crippen LogP contribution in [-0.4, -0.2) is 29.4 Å². The number of carbonyl (C=O) groups excluding carboxylic acids is 1. The van der Waals surface area contributed by atoms with Gasteiger partial charge in [0, 0.05) is 13.0 Å². The molecule has 0 rings (SSSR count). The van der Waals surface area contributed by atoms with Gasteiger partial charge in [-0.05, 0) is 13.8 Å². The van der Waals surface area contributed by atoms with E-state index in [0.29, 0.717) is 13.0 Å². The molecular weight excluding hydrogens is 146 g/mol. The maximum atomic E-state index is 10.4. The molecular formula is C7H13NO3. The Morgan fingerprint density at radius 2 is 2.09 bits per heavy atom. The van der Waals surface area contributed by atoms with E-state index in [1.807, 2.05) is 0 Å². The highest BCUT2D eigenvalue weighted by atomic mass is 16.4. The Bertz CT molecular complexity index is 156. The lowest BCUT2D eigenvalue weighted by Crippen LogP contribution is -2.34. The number of Topliss-reactive ketones (excluding diaryl/α,β-unsaturated/α-hetero) is 1. The van der Waals surface area contributed by atoms with Crippen LogP contribution in [0.15, 0.2) is 0 Å². The van der Waals surface area contributed by atoms with E-state index >= 15 is 0 Å². The summed E-state index contributed by atoms with van der Waals surface area (Å²) in [6, 6.07) is -0.575. The minimum absolute atomic E-state index is 0.0649. The SMILES string of the molecule is CC(=O)CCNC(C)C(=O)O. The predicted molar refractivity (Wildman–Crippen MR) is 40.4 cm³/mol. The first kappa shape index (κ1) is 10.1. The smallest absolute Gasteiger partial charge is 0.320 e. The summed E-state index contributed by atoms with van der Waals surface area (Å²) in [4.78, 5) is 20.6. The van der Waals surface area contributed by atoms with E-state index in [-0.39, 0.29) is 5.78 Å². The monoisotopic (exact) mass is 159 g/mol. The van der Waals surface area contributed by atoms with Crippen LogP contribution in [0.25, 0.3) is 0 Å². The van der Waals surface area contributed by atoms with Crippen molar-refractivity contribution in [1.29, 1.82) is 0 Å². The zero-order chi connectivity index (χ0) is 8.85. The molecule has 11 heavy (non-hydrogen) atoms. The molecule has 0 aromatic carbocycles. The topological polar surface area (TPSA) is 66.4 Å². The summed E-state index contributed by atoms with van der Waals surface area (Å²) in [6.07, 6.45) is 0.387. The normalized spacial score (nSPS) is 12.5. The number of carboxylic acid groups (broad SMARTS) is 1. The van der Waals surface area contributed by atoms with E-state index in [9.17, 15) is 9.59 Å². The van der Waals surface area contributed by atoms with E-state index in [0.717, 1.165) is 0 Å². The molecule has 2 N–H and O–H groups in total. The number of ketones is 1. The molecule has 0 saturated carbocycles. The van der Waals surface area contributed by atoms with Crippen molar-refractivity contribution in [3.05, 3.63) is 0 Å². The quantitative estimate of drug-likeness (QED) is 0.594. The standard InChI is InChI=1S/C7H13NO3/c1-5(9)3-4-8-6(2)7(10)11/h6,8H,3-4H2,1-2H3,(H,10,11). The van der Waals surface area contributed by atoms with Gasteiger partial charge in [-0.1, -0.05) is 0 Å². The van der Waals surface area contributed by atoms with Crippen molar-refractivity contribution in [2.24, 2.45) is 0 Å². The van der Waals surface area contributed by atoms with Gasteiger partial charge < -0.3 is 10.4 Å². The molecule has 0 bridgehead atoms. The van der Waals surface area contributed by atoms with Crippen LogP contribution in [0.4, 0.5) is 0 Å². The van der Waals surface area contributed by atoms with Gasteiger partial charge in [0.2, 0.25) is 0 Å². The summed E-state index contributed by atoms with van der Waals surface area (Å²) < 4.78 is 0. The number of aliphatic carboxylic acids is 1. The minimum atomic E-state index is -0.895. The number of rotatable bonds is 5. The first-order valence-corrected chi connectivity index (χ1v) is 3.49. The lowest BCUT2D eigenvalue weighted by molar-refractivity contribution is -0.139. The number of hydrogen-bond acceptors (Lipinski definition) is 3. The van der Waals surface area contributed by atoms with Crippen molar-refractivity contribution in [1.82, 2.24) is 5.32 Å². The molecule has 0 aliphatic carbocycles. The Morgan fingerprint density at radius 1 is 1.55 bits per heavy atom. The van der Waals surface area contributed by atoms with Gasteiger partial charge in [0.15, 0.2) is 0 Å². The van der Waals surface area contributed by atoms with Crippen LogP contribution in [0.5, 0.6) is 0 Å². The molecule has 0 spiro atoms. The Labute approximate surface area is 65.6 Å². The predicted octanol–water partition coefficient (Wildman–Crippen LogP) is 0.0282. The second kappa shape index (κ2) is 4.85. The van der Waals surface area contributed by atoms with Gasteiger partial charge in [-0.25, -0.2) is 0 Å². The number of hydrogen-bond donors (Lipinski definition) is 2. The van der Waals surface area contributed by atoms with Crippen molar-refractivity contribution in [2.45, 2.75) is 26.3 Å². The largest absolute Gasteiger partial charge is 0.480 e. The van der Waals surface area contributed by atoms with Crippen molar-refractivity contribution in [3.8, 4) is 0 Å². The summed E-state index contributed by atoms with van der Waals surface area (Å²) in [5.41, 5.74) is 0. The maximum absolute atomic E-state index is 10.4. The van der Waals surface area contributed by atoms with Gasteiger partial charge in [0.25, 0.3) is 0 Å². The Balaban J connectivity index is 3.39. The fourth-order valence-corrected chi connectivity index (χ4v) is 0.552. The minimum Gasteiger partial charge on any atom is -0.480 e. The molecule has 0 saturated heterocycles. The molecule has 0 aromatic rings. The highest BCUT2D eigenvalue weighted by molar-refractivity contribution is 5.76. The molecule has 0 fully saturated rings. The second-order valence-electron chi connectivity index (χ2n) is 2.47. The Kier molecular flexibility index (Phi) is 4.45. The second-order valence-corrected chi connectivity index (χ2v) is 2.47. The Hall–Kier alpha value is -0.900. The van der Waals surface area contributed by atoms with Crippen LogP contribution in [0.2, 0.25) is 0 Å². The van der Waals surface area contributed by atoms with Gasteiger partial charge in [0.05, 0.1) is 0 Å². The molecule has 1 atom stereocenters. The third-order valence-corrected chi connectivity index (χ3v) is 1.30. The van der Waals surface area contributed by atoms with Gasteiger partial charge in [-0.15, -0.1) is 0 Å². The highest BCUT2D eigenvalue weighted by Gasteiger charge is 2.08. The summed E-state index contributed by atoms with van der Waals surface area (Å²) in [6.45, 7) is 3.46. The Morgan fingerprint density at radius 3 is 2.45 bits per heavy atom. The fourth-order valence-electron chi connectivity index (χ4n) is 0.552. The molecule has 0 aromatic heterocycles. The van der Waals surface area contributed by atoms with Crippen molar-refractivity contribution in [3.63, 3.8) is 0 Å². The fraction of sp³-hybridized carbons (Fsp3) is 0.714. The molecule has 0 radical (unpaired) electrons. The highest BCUT2D eigenvalue weighted by Crippen LogP contribution is 1.83. The van der Waals surface area contributed by atoms with Gasteiger partial charge >= 0.3 is 5.97 Å². The maximum Gasteiger partial charge on any atom is 0.320 e. The number of carbonyl (C=O) groups is 2. The van der Waals surface area contributed by atoms with E-state index in [1.165, 1.54) is 6.92 Å². The molecule has 4 heteroatoms. The number of nitrogens with one attached hydrogen (secondary N) is 1. The molecule has 4 nitrogen and oxygen atoms in total. The zero-order valence-electron chi connectivity index (χ0n) is 6.76. The summed E-state index contributed by atoms with van der Waals surface area (Å²) >= 11 is 0. The molecule has 0 amide bonds. The van der Waals surface area contributed by atoms with Gasteiger partial charge in [0.1, 0.15) is 11.8 Å². The molecule has 0 aliphatic heterocycles. The lowest BCUT2D eigenvalue weighted by Gasteiger charge is -2.06. The van der Waals surface area contributed by atoms with E-state index in [4.69, 9.17) is 5.11 Å². The average Bonchev–Trinajstić information content (AvgIpc) is 1.86. The van der Waals surface area contributed by atoms with Crippen molar-refractivity contribution in [2.75, 3.05) is 6.54 Å². The summed E-state index contributed by atoms with van der Waals surface area (Å²) in [5, 5.41) is 11.1. The van der Waals surface area contributed by atoms with E-state index in [2.05, 4.69) is 5.32 Å². The average molecular weight is 159 g/mol. The lowest BCUT2D eigenvalue weighted by atomic mass is 10.3. The van der Waals surface area contributed by atoms with Gasteiger partial charge in [-0.3, -0.25) is 9.59 Å². The van der Waals surface area contributed by atoms with E-state index < -0.39 is 12.0 Å². The first-order valence-electron chi connectivity index (χ1n) is 3.49. The van der Waals surface area contributed by atoms with Crippen LogP contribution in [0.1, 0.15) is 20.3 Å².